The third-order valence-electron chi connectivity index (χ3n) is 8.41. The molecule has 2 aliphatic carbocycles. The lowest BCUT2D eigenvalue weighted by Crippen LogP contribution is -2.32. The lowest BCUT2D eigenvalue weighted by Gasteiger charge is -2.23. The minimum Gasteiger partial charge on any atom is -0.446 e. The van der Waals surface area contributed by atoms with Gasteiger partial charge < -0.3 is 19.2 Å². The summed E-state index contributed by atoms with van der Waals surface area (Å²) in [5.41, 5.74) is 3.40. The van der Waals surface area contributed by atoms with Crippen LogP contribution < -0.4 is 5.32 Å². The smallest absolute Gasteiger partial charge is 0.410 e. The van der Waals surface area contributed by atoms with E-state index in [0.29, 0.717) is 35.2 Å². The van der Waals surface area contributed by atoms with Crippen LogP contribution in [0.1, 0.15) is 91.6 Å². The Hall–Kier alpha value is -4.61. The van der Waals surface area contributed by atoms with Gasteiger partial charge in [0.25, 0.3) is 5.91 Å². The van der Waals surface area contributed by atoms with E-state index in [2.05, 4.69) is 25.5 Å². The second-order valence-electron chi connectivity index (χ2n) is 11.8. The first-order valence-electron chi connectivity index (χ1n) is 14.9. The topological polar surface area (TPSA) is 120 Å². The number of halogens is 1. The van der Waals surface area contributed by atoms with E-state index in [1.54, 1.807) is 35.8 Å². The van der Waals surface area contributed by atoms with Gasteiger partial charge in [-0.25, -0.2) is 19.2 Å². The van der Waals surface area contributed by atoms with E-state index in [4.69, 9.17) is 4.74 Å². The molecule has 1 aliphatic heterocycles. The summed E-state index contributed by atoms with van der Waals surface area (Å²) in [5.74, 6) is -0.163. The molecule has 0 unspecified atom stereocenters. The molecule has 222 valence electrons. The summed E-state index contributed by atoms with van der Waals surface area (Å²) >= 11 is 0. The highest BCUT2D eigenvalue weighted by molar-refractivity contribution is 6.04. The predicted octanol–water partition coefficient (Wildman–Crippen LogP) is 5.77. The van der Waals surface area contributed by atoms with Gasteiger partial charge in [0.15, 0.2) is 5.82 Å². The van der Waals surface area contributed by atoms with Crippen LogP contribution in [0.25, 0.3) is 17.2 Å². The molecule has 4 aromatic rings. The van der Waals surface area contributed by atoms with Crippen LogP contribution in [-0.4, -0.2) is 52.3 Å². The zero-order valence-corrected chi connectivity index (χ0v) is 24.2. The molecule has 0 bridgehead atoms. The fourth-order valence-corrected chi connectivity index (χ4v) is 5.99. The molecule has 2 fully saturated rings. The van der Waals surface area contributed by atoms with E-state index in [1.165, 1.54) is 12.1 Å². The number of imidazole rings is 1. The molecule has 43 heavy (non-hydrogen) atoms. The van der Waals surface area contributed by atoms with Crippen molar-refractivity contribution in [2.24, 2.45) is 0 Å². The standard InChI is InChI=1S/C31H33FN8O3/c1-18(2)39-17-34-37-29(39)24-8-5-9-27(35-24)36-30(41)22-13-25-20(12-23(22)32)14-38(31(42)43-21-6-3-4-7-21)15-26-28(19-10-11-19)33-16-40(25)26/h5,8-9,12-13,16-19,21H,3-4,6-7,10-11,14-15H2,1-2H3,(H,35,36,41). The molecule has 0 radical (unpaired) electrons. The van der Waals surface area contributed by atoms with Crippen LogP contribution in [-0.2, 0) is 17.8 Å². The number of hydrogen-bond donors (Lipinski definition) is 1. The zero-order valence-electron chi connectivity index (χ0n) is 24.2. The molecular weight excluding hydrogens is 551 g/mol. The Labute approximate surface area is 248 Å². The van der Waals surface area contributed by atoms with Gasteiger partial charge >= 0.3 is 6.09 Å². The van der Waals surface area contributed by atoms with Crippen molar-refractivity contribution >= 4 is 17.8 Å². The zero-order chi connectivity index (χ0) is 29.7. The number of rotatable bonds is 6. The van der Waals surface area contributed by atoms with Crippen LogP contribution in [0.15, 0.2) is 43.0 Å². The molecule has 11 nitrogen and oxygen atoms in total. The Balaban J connectivity index is 1.20. The average molecular weight is 585 g/mol. The summed E-state index contributed by atoms with van der Waals surface area (Å²) in [6, 6.07) is 8.16. The normalized spacial score (nSPS) is 16.6. The molecule has 2 saturated carbocycles. The molecule has 2 amide bonds. The van der Waals surface area contributed by atoms with Crippen molar-refractivity contribution in [3.05, 3.63) is 71.3 Å². The number of pyridine rings is 1. The van der Waals surface area contributed by atoms with Crippen molar-refractivity contribution < 1.29 is 18.7 Å². The number of aromatic nitrogens is 6. The van der Waals surface area contributed by atoms with Crippen molar-refractivity contribution in [1.29, 1.82) is 0 Å². The Kier molecular flexibility index (Phi) is 6.91. The molecule has 1 N–H and O–H groups in total. The maximum absolute atomic E-state index is 15.6. The average Bonchev–Trinajstić information content (AvgIpc) is 3.34. The molecular formula is C31H33FN8O3. The van der Waals surface area contributed by atoms with Crippen LogP contribution in [0.3, 0.4) is 0 Å². The van der Waals surface area contributed by atoms with Crippen molar-refractivity contribution in [1.82, 2.24) is 34.2 Å². The second-order valence-corrected chi connectivity index (χ2v) is 11.8. The van der Waals surface area contributed by atoms with Gasteiger partial charge in [-0.05, 0) is 82.2 Å². The Morgan fingerprint density at radius 2 is 1.88 bits per heavy atom. The maximum Gasteiger partial charge on any atom is 0.410 e. The Morgan fingerprint density at radius 1 is 1.07 bits per heavy atom. The highest BCUT2D eigenvalue weighted by Crippen LogP contribution is 2.42. The first kappa shape index (κ1) is 27.2. The fraction of sp³-hybridized carbons (Fsp3) is 0.419. The summed E-state index contributed by atoms with van der Waals surface area (Å²) in [6.45, 7) is 4.48. The first-order valence-corrected chi connectivity index (χ1v) is 14.9. The summed E-state index contributed by atoms with van der Waals surface area (Å²) < 4.78 is 25.2. The summed E-state index contributed by atoms with van der Waals surface area (Å²) in [5, 5.41) is 10.9. The maximum atomic E-state index is 15.6. The minimum absolute atomic E-state index is 0.0836. The Bertz CT molecular complexity index is 1700. The summed E-state index contributed by atoms with van der Waals surface area (Å²) in [7, 11) is 0. The third kappa shape index (κ3) is 5.26. The van der Waals surface area contributed by atoms with Crippen LogP contribution in [0.2, 0.25) is 0 Å². The van der Waals surface area contributed by atoms with Gasteiger partial charge in [-0.2, -0.15) is 0 Å². The quantitative estimate of drug-likeness (QED) is 0.305. The molecule has 0 saturated heterocycles. The third-order valence-corrected chi connectivity index (χ3v) is 8.41. The largest absolute Gasteiger partial charge is 0.446 e. The van der Waals surface area contributed by atoms with E-state index >= 15 is 4.39 Å². The van der Waals surface area contributed by atoms with Gasteiger partial charge in [0.1, 0.15) is 29.8 Å². The van der Waals surface area contributed by atoms with Gasteiger partial charge in [-0.1, -0.05) is 6.07 Å². The van der Waals surface area contributed by atoms with E-state index < -0.39 is 17.8 Å². The molecule has 3 aromatic heterocycles. The number of anilines is 1. The highest BCUT2D eigenvalue weighted by Gasteiger charge is 2.35. The molecule has 1 aromatic carbocycles. The molecule has 0 atom stereocenters. The molecule has 0 spiro atoms. The van der Waals surface area contributed by atoms with Gasteiger partial charge in [0, 0.05) is 12.0 Å². The van der Waals surface area contributed by atoms with Crippen molar-refractivity contribution in [3.63, 3.8) is 0 Å². The van der Waals surface area contributed by atoms with E-state index in [-0.39, 0.29) is 30.1 Å². The van der Waals surface area contributed by atoms with Crippen LogP contribution in [0, 0.1) is 5.82 Å². The lowest BCUT2D eigenvalue weighted by molar-refractivity contribution is 0.0610. The molecule has 4 heterocycles. The van der Waals surface area contributed by atoms with Crippen molar-refractivity contribution in [2.45, 2.75) is 83.5 Å². The van der Waals surface area contributed by atoms with Crippen LogP contribution >= 0.6 is 0 Å². The fourth-order valence-electron chi connectivity index (χ4n) is 5.99. The number of carbonyl (C=O) groups excluding carboxylic acids is 2. The van der Waals surface area contributed by atoms with Crippen LogP contribution in [0.5, 0.6) is 0 Å². The lowest BCUT2D eigenvalue weighted by atomic mass is 10.1. The monoisotopic (exact) mass is 584 g/mol. The predicted molar refractivity (Wildman–Crippen MR) is 155 cm³/mol. The second kappa shape index (κ2) is 10.9. The number of carbonyl (C=O) groups is 2. The SMILES string of the molecule is CC(C)n1cnnc1-c1cccc(NC(=O)c2cc3c(cc2F)CN(C(=O)OC2CCCC2)Cc2c(C4CC4)ncn2-3)n1. The van der Waals surface area contributed by atoms with Gasteiger partial charge in [0.05, 0.1) is 42.1 Å². The molecule has 7 rings (SSSR count). The molecule has 3 aliphatic rings. The molecule has 12 heteroatoms. The highest BCUT2D eigenvalue weighted by atomic mass is 19.1. The minimum atomic E-state index is -0.693. The Morgan fingerprint density at radius 3 is 2.65 bits per heavy atom. The van der Waals surface area contributed by atoms with E-state index in [1.807, 2.05) is 23.0 Å². The number of nitrogens with zero attached hydrogens (tertiary/aromatic N) is 7. The number of amides is 2. The summed E-state index contributed by atoms with van der Waals surface area (Å²) in [4.78, 5) is 37.6. The van der Waals surface area contributed by atoms with Gasteiger partial charge in [0.2, 0.25) is 0 Å². The van der Waals surface area contributed by atoms with Crippen LogP contribution in [0.4, 0.5) is 15.0 Å². The first-order chi connectivity index (χ1) is 20.9. The number of fused-ring (bicyclic) bond motifs is 3. The number of benzene rings is 1. The van der Waals surface area contributed by atoms with Crippen molar-refractivity contribution in [3.8, 4) is 17.2 Å². The number of ether oxygens (including phenoxy) is 1. The number of hydrogen-bond acceptors (Lipinski definition) is 7. The van der Waals surface area contributed by atoms with Crippen molar-refractivity contribution in [2.75, 3.05) is 5.32 Å². The van der Waals surface area contributed by atoms with Gasteiger partial charge in [-0.15, -0.1) is 10.2 Å². The summed E-state index contributed by atoms with van der Waals surface area (Å²) in [6.07, 6.45) is 8.77. The number of nitrogens with one attached hydrogen (secondary N) is 1. The van der Waals surface area contributed by atoms with E-state index in [9.17, 15) is 9.59 Å². The van der Waals surface area contributed by atoms with E-state index in [0.717, 1.165) is 49.9 Å². The van der Waals surface area contributed by atoms with Gasteiger partial charge in [-0.3, -0.25) is 9.69 Å².